The van der Waals surface area contributed by atoms with E-state index in [4.69, 9.17) is 9.47 Å². The number of ether oxygens (including phenoxy) is 2. The number of nitrogens with zero attached hydrogens (tertiary/aromatic N) is 4. The first kappa shape index (κ1) is 20.9. The Morgan fingerprint density at radius 2 is 1.61 bits per heavy atom. The van der Waals surface area contributed by atoms with Gasteiger partial charge in [0.1, 0.15) is 5.75 Å². The molecule has 1 fully saturated rings. The van der Waals surface area contributed by atoms with Gasteiger partial charge >= 0.3 is 0 Å². The Morgan fingerprint density at radius 3 is 2.29 bits per heavy atom. The van der Waals surface area contributed by atoms with Crippen molar-refractivity contribution in [3.05, 3.63) is 54.1 Å². The molecule has 0 atom stereocenters. The number of benzene rings is 2. The van der Waals surface area contributed by atoms with Crippen molar-refractivity contribution in [3.63, 3.8) is 0 Å². The van der Waals surface area contributed by atoms with Crippen LogP contribution in [0.1, 0.15) is 19.4 Å². The zero-order valence-electron chi connectivity index (χ0n) is 18.0. The average molecular weight is 421 g/mol. The number of hydrogen-bond acceptors (Lipinski definition) is 8. The van der Waals surface area contributed by atoms with Gasteiger partial charge in [-0.15, -0.1) is 0 Å². The quantitative estimate of drug-likeness (QED) is 0.562. The number of aromatic nitrogens is 3. The molecule has 2 N–H and O–H groups in total. The van der Waals surface area contributed by atoms with Crippen molar-refractivity contribution in [3.8, 4) is 5.75 Å². The summed E-state index contributed by atoms with van der Waals surface area (Å²) in [5.41, 5.74) is 3.07. The van der Waals surface area contributed by atoms with Crippen molar-refractivity contribution < 1.29 is 9.47 Å². The SMILES string of the molecule is CCOc1cccc(Nc2nc(Nc3ccc(CC)cc3)nc(N3CCOCC3)n2)c1. The van der Waals surface area contributed by atoms with E-state index in [0.29, 0.717) is 37.7 Å². The van der Waals surface area contributed by atoms with Crippen molar-refractivity contribution >= 4 is 29.2 Å². The highest BCUT2D eigenvalue weighted by atomic mass is 16.5. The molecule has 1 aliphatic heterocycles. The maximum absolute atomic E-state index is 5.60. The minimum absolute atomic E-state index is 0.470. The number of morpholine rings is 1. The highest BCUT2D eigenvalue weighted by Crippen LogP contribution is 2.23. The van der Waals surface area contributed by atoms with Gasteiger partial charge in [0.2, 0.25) is 17.8 Å². The van der Waals surface area contributed by atoms with E-state index in [1.807, 2.05) is 43.3 Å². The van der Waals surface area contributed by atoms with Crippen LogP contribution in [0, 0.1) is 0 Å². The topological polar surface area (TPSA) is 84.4 Å². The highest BCUT2D eigenvalue weighted by molar-refractivity contribution is 5.60. The van der Waals surface area contributed by atoms with Gasteiger partial charge in [0.25, 0.3) is 0 Å². The fourth-order valence-electron chi connectivity index (χ4n) is 3.29. The molecule has 0 aliphatic carbocycles. The van der Waals surface area contributed by atoms with Gasteiger partial charge in [-0.3, -0.25) is 0 Å². The molecule has 1 saturated heterocycles. The maximum atomic E-state index is 5.60. The van der Waals surface area contributed by atoms with Crippen molar-refractivity contribution in [1.82, 2.24) is 15.0 Å². The second-order valence-corrected chi connectivity index (χ2v) is 7.14. The summed E-state index contributed by atoms with van der Waals surface area (Å²) < 4.78 is 11.1. The van der Waals surface area contributed by atoms with E-state index in [9.17, 15) is 0 Å². The van der Waals surface area contributed by atoms with E-state index < -0.39 is 0 Å². The Morgan fingerprint density at radius 1 is 0.903 bits per heavy atom. The van der Waals surface area contributed by atoms with Gasteiger partial charge in [0.15, 0.2) is 0 Å². The standard InChI is InChI=1S/C23H28N6O2/c1-3-17-8-10-18(11-9-17)24-21-26-22(25-19-6-5-7-20(16-19)31-4-2)28-23(27-21)29-12-14-30-15-13-29/h5-11,16H,3-4,12-15H2,1-2H3,(H2,24,25,26,27,28). The van der Waals surface area contributed by atoms with Crippen LogP contribution >= 0.6 is 0 Å². The summed E-state index contributed by atoms with van der Waals surface area (Å²) in [6.07, 6.45) is 1.00. The lowest BCUT2D eigenvalue weighted by Crippen LogP contribution is -2.37. The second kappa shape index (κ2) is 10.1. The molecule has 0 bridgehead atoms. The molecule has 8 heteroatoms. The Balaban J connectivity index is 1.61. The predicted molar refractivity (Wildman–Crippen MR) is 123 cm³/mol. The summed E-state index contributed by atoms with van der Waals surface area (Å²) in [4.78, 5) is 16.0. The monoisotopic (exact) mass is 420 g/mol. The number of rotatable bonds is 8. The number of anilines is 5. The van der Waals surface area contributed by atoms with Crippen LogP contribution in [0.4, 0.5) is 29.2 Å². The molecular weight excluding hydrogens is 392 g/mol. The van der Waals surface area contributed by atoms with E-state index in [1.54, 1.807) is 0 Å². The molecule has 8 nitrogen and oxygen atoms in total. The Labute approximate surface area is 182 Å². The smallest absolute Gasteiger partial charge is 0.233 e. The molecule has 1 aromatic heterocycles. The van der Waals surface area contributed by atoms with Crippen molar-refractivity contribution in [1.29, 1.82) is 0 Å². The van der Waals surface area contributed by atoms with Gasteiger partial charge in [-0.25, -0.2) is 0 Å². The van der Waals surface area contributed by atoms with Gasteiger partial charge in [0.05, 0.1) is 19.8 Å². The third kappa shape index (κ3) is 5.61. The molecule has 4 rings (SSSR count). The summed E-state index contributed by atoms with van der Waals surface area (Å²) in [6.45, 7) is 7.52. The summed E-state index contributed by atoms with van der Waals surface area (Å²) in [5, 5.41) is 6.59. The molecule has 0 spiro atoms. The van der Waals surface area contributed by atoms with Crippen LogP contribution in [0.25, 0.3) is 0 Å². The molecule has 0 amide bonds. The van der Waals surface area contributed by atoms with E-state index in [0.717, 1.165) is 36.6 Å². The van der Waals surface area contributed by atoms with E-state index >= 15 is 0 Å². The summed E-state index contributed by atoms with van der Waals surface area (Å²) in [5.74, 6) is 2.38. The van der Waals surface area contributed by atoms with Crippen LogP contribution in [-0.4, -0.2) is 47.9 Å². The Kier molecular flexibility index (Phi) is 6.78. The molecule has 2 aromatic carbocycles. The Hall–Kier alpha value is -3.39. The van der Waals surface area contributed by atoms with Gasteiger partial charge in [-0.05, 0) is 43.2 Å². The number of nitrogens with one attached hydrogen (secondary N) is 2. The lowest BCUT2D eigenvalue weighted by atomic mass is 10.1. The van der Waals surface area contributed by atoms with Gasteiger partial charge in [0, 0.05) is 30.5 Å². The van der Waals surface area contributed by atoms with Gasteiger partial charge < -0.3 is 25.0 Å². The normalized spacial score (nSPS) is 13.7. The zero-order chi connectivity index (χ0) is 21.5. The van der Waals surface area contributed by atoms with Crippen LogP contribution < -0.4 is 20.3 Å². The number of hydrogen-bond donors (Lipinski definition) is 2. The summed E-state index contributed by atoms with van der Waals surface area (Å²) in [7, 11) is 0. The van der Waals surface area contributed by atoms with Crippen molar-refractivity contribution in [2.24, 2.45) is 0 Å². The largest absolute Gasteiger partial charge is 0.494 e. The predicted octanol–water partition coefficient (Wildman–Crippen LogP) is 4.16. The zero-order valence-corrected chi connectivity index (χ0v) is 18.0. The van der Waals surface area contributed by atoms with Gasteiger partial charge in [-0.2, -0.15) is 15.0 Å². The van der Waals surface area contributed by atoms with E-state index in [-0.39, 0.29) is 0 Å². The molecular formula is C23H28N6O2. The first-order valence-corrected chi connectivity index (χ1v) is 10.7. The van der Waals surface area contributed by atoms with Crippen LogP contribution in [0.5, 0.6) is 5.75 Å². The molecule has 162 valence electrons. The molecule has 0 unspecified atom stereocenters. The van der Waals surface area contributed by atoms with E-state index in [1.165, 1.54) is 5.56 Å². The van der Waals surface area contributed by atoms with Crippen molar-refractivity contribution in [2.45, 2.75) is 20.3 Å². The minimum atomic E-state index is 0.470. The third-order valence-corrected chi connectivity index (χ3v) is 4.94. The van der Waals surface area contributed by atoms with E-state index in [2.05, 4.69) is 49.5 Å². The fourth-order valence-corrected chi connectivity index (χ4v) is 3.29. The average Bonchev–Trinajstić information content (AvgIpc) is 2.80. The maximum Gasteiger partial charge on any atom is 0.233 e. The van der Waals surface area contributed by atoms with Gasteiger partial charge in [-0.1, -0.05) is 25.1 Å². The summed E-state index contributed by atoms with van der Waals surface area (Å²) >= 11 is 0. The lowest BCUT2D eigenvalue weighted by Gasteiger charge is -2.27. The molecule has 2 heterocycles. The minimum Gasteiger partial charge on any atom is -0.494 e. The molecule has 31 heavy (non-hydrogen) atoms. The van der Waals surface area contributed by atoms with Crippen LogP contribution in [0.15, 0.2) is 48.5 Å². The third-order valence-electron chi connectivity index (χ3n) is 4.94. The molecule has 0 saturated carbocycles. The summed E-state index contributed by atoms with van der Waals surface area (Å²) in [6, 6.07) is 16.0. The Bertz CT molecular complexity index is 990. The second-order valence-electron chi connectivity index (χ2n) is 7.14. The molecule has 0 radical (unpaired) electrons. The van der Waals surface area contributed by atoms with Crippen molar-refractivity contribution in [2.75, 3.05) is 48.4 Å². The fraction of sp³-hybridized carbons (Fsp3) is 0.348. The highest BCUT2D eigenvalue weighted by Gasteiger charge is 2.17. The first-order valence-electron chi connectivity index (χ1n) is 10.7. The van der Waals surface area contributed by atoms with Crippen LogP contribution in [0.2, 0.25) is 0 Å². The molecule has 3 aromatic rings. The van der Waals surface area contributed by atoms with Crippen LogP contribution in [0.3, 0.4) is 0 Å². The lowest BCUT2D eigenvalue weighted by molar-refractivity contribution is 0.122. The van der Waals surface area contributed by atoms with Crippen LogP contribution in [-0.2, 0) is 11.2 Å². The first-order chi connectivity index (χ1) is 15.2. The number of aryl methyl sites for hydroxylation is 1. The molecule has 1 aliphatic rings.